The van der Waals surface area contributed by atoms with E-state index in [2.05, 4.69) is 16.4 Å². The summed E-state index contributed by atoms with van der Waals surface area (Å²) in [5.74, 6) is 0.0909. The van der Waals surface area contributed by atoms with Crippen molar-refractivity contribution in [3.05, 3.63) is 30.1 Å². The van der Waals surface area contributed by atoms with Crippen LogP contribution in [0.5, 0.6) is 0 Å². The van der Waals surface area contributed by atoms with E-state index in [9.17, 15) is 4.79 Å². The maximum atomic E-state index is 11.7. The number of amides is 1. The Labute approximate surface area is 114 Å². The summed E-state index contributed by atoms with van der Waals surface area (Å²) in [6.45, 7) is 2.65. The lowest BCUT2D eigenvalue weighted by atomic mass is 10.0. The third-order valence-corrected chi connectivity index (χ3v) is 3.43. The molecule has 5 nitrogen and oxygen atoms in total. The molecule has 1 aliphatic rings. The van der Waals surface area contributed by atoms with Crippen molar-refractivity contribution in [2.24, 2.45) is 0 Å². The average Bonchev–Trinajstić information content (AvgIpc) is 2.47. The molecule has 0 atom stereocenters. The van der Waals surface area contributed by atoms with E-state index in [1.54, 1.807) is 13.3 Å². The Morgan fingerprint density at radius 2 is 2.32 bits per heavy atom. The topological polar surface area (TPSA) is 54.5 Å². The molecule has 1 amide bonds. The van der Waals surface area contributed by atoms with Gasteiger partial charge in [0.15, 0.2) is 0 Å². The van der Waals surface area contributed by atoms with Crippen molar-refractivity contribution in [3.8, 4) is 0 Å². The van der Waals surface area contributed by atoms with Gasteiger partial charge in [-0.3, -0.25) is 9.78 Å². The number of likely N-dealkylation sites (tertiary alicyclic amines) is 1. The second-order valence-corrected chi connectivity index (χ2v) is 4.83. The van der Waals surface area contributed by atoms with Gasteiger partial charge in [0.2, 0.25) is 5.91 Å². The van der Waals surface area contributed by atoms with Crippen LogP contribution in [0.15, 0.2) is 24.5 Å². The minimum Gasteiger partial charge on any atom is -0.375 e. The van der Waals surface area contributed by atoms with Gasteiger partial charge in [0.05, 0.1) is 0 Å². The van der Waals surface area contributed by atoms with Gasteiger partial charge in [0.1, 0.15) is 6.61 Å². The Hall–Kier alpha value is -1.46. The zero-order chi connectivity index (χ0) is 13.5. The summed E-state index contributed by atoms with van der Waals surface area (Å²) in [5.41, 5.74) is 1.19. The molecule has 0 radical (unpaired) electrons. The molecule has 0 saturated carbocycles. The predicted molar refractivity (Wildman–Crippen MR) is 72.6 cm³/mol. The third-order valence-electron chi connectivity index (χ3n) is 3.43. The van der Waals surface area contributed by atoms with Crippen LogP contribution < -0.4 is 5.32 Å². The lowest BCUT2D eigenvalue weighted by molar-refractivity contribution is -0.136. The highest BCUT2D eigenvalue weighted by Gasteiger charge is 2.21. The smallest absolute Gasteiger partial charge is 0.248 e. The Kier molecular flexibility index (Phi) is 5.30. The van der Waals surface area contributed by atoms with Gasteiger partial charge in [-0.1, -0.05) is 6.07 Å². The quantitative estimate of drug-likeness (QED) is 0.854. The maximum absolute atomic E-state index is 11.7. The lowest BCUT2D eigenvalue weighted by Crippen LogP contribution is -2.45. The van der Waals surface area contributed by atoms with E-state index in [1.807, 2.05) is 17.2 Å². The van der Waals surface area contributed by atoms with Gasteiger partial charge < -0.3 is 15.0 Å². The molecule has 1 aromatic heterocycles. The molecule has 1 fully saturated rings. The SMILES string of the molecule is COCC(=O)N1CCC(NCc2cccnc2)CC1. The minimum atomic E-state index is 0.0909. The van der Waals surface area contributed by atoms with E-state index >= 15 is 0 Å². The molecule has 0 spiro atoms. The van der Waals surface area contributed by atoms with Crippen molar-refractivity contribution in [3.63, 3.8) is 0 Å². The number of methoxy groups -OCH3 is 1. The first kappa shape index (κ1) is 14.0. The highest BCUT2D eigenvalue weighted by Crippen LogP contribution is 2.11. The molecular weight excluding hydrogens is 242 g/mol. The standard InChI is InChI=1S/C14H21N3O2/c1-19-11-14(18)17-7-4-13(5-8-17)16-10-12-3-2-6-15-9-12/h2-3,6,9,13,16H,4-5,7-8,10-11H2,1H3. The van der Waals surface area contributed by atoms with E-state index in [4.69, 9.17) is 4.74 Å². The number of nitrogens with one attached hydrogen (secondary N) is 1. The predicted octanol–water partition coefficient (Wildman–Crippen LogP) is 0.809. The molecular formula is C14H21N3O2. The number of carbonyl (C=O) groups excluding carboxylic acids is 1. The molecule has 0 aliphatic carbocycles. The van der Waals surface area contributed by atoms with E-state index in [1.165, 1.54) is 5.56 Å². The Morgan fingerprint density at radius 1 is 1.53 bits per heavy atom. The zero-order valence-corrected chi connectivity index (χ0v) is 11.3. The summed E-state index contributed by atoms with van der Waals surface area (Å²) >= 11 is 0. The number of carbonyl (C=O) groups is 1. The Bertz CT molecular complexity index is 389. The first-order chi connectivity index (χ1) is 9.29. The van der Waals surface area contributed by atoms with Crippen LogP contribution in [0.1, 0.15) is 18.4 Å². The van der Waals surface area contributed by atoms with Gasteiger partial charge in [-0.2, -0.15) is 0 Å². The fourth-order valence-electron chi connectivity index (χ4n) is 2.31. The molecule has 1 aliphatic heterocycles. The maximum Gasteiger partial charge on any atom is 0.248 e. The fraction of sp³-hybridized carbons (Fsp3) is 0.571. The largest absolute Gasteiger partial charge is 0.375 e. The second-order valence-electron chi connectivity index (χ2n) is 4.83. The second kappa shape index (κ2) is 7.21. The number of piperidine rings is 1. The lowest BCUT2D eigenvalue weighted by Gasteiger charge is -2.32. The summed E-state index contributed by atoms with van der Waals surface area (Å²) in [6, 6.07) is 4.49. The van der Waals surface area contributed by atoms with Crippen LogP contribution in [0, 0.1) is 0 Å². The first-order valence-electron chi connectivity index (χ1n) is 6.68. The Morgan fingerprint density at radius 3 is 2.95 bits per heavy atom. The van der Waals surface area contributed by atoms with Crippen LogP contribution in [-0.2, 0) is 16.1 Å². The summed E-state index contributed by atoms with van der Waals surface area (Å²) in [6.07, 6.45) is 5.65. The van der Waals surface area contributed by atoms with Crippen LogP contribution in [0.2, 0.25) is 0 Å². The van der Waals surface area contributed by atoms with Gasteiger partial charge in [-0.15, -0.1) is 0 Å². The summed E-state index contributed by atoms with van der Waals surface area (Å²) < 4.78 is 4.88. The zero-order valence-electron chi connectivity index (χ0n) is 11.3. The van der Waals surface area contributed by atoms with Gasteiger partial charge >= 0.3 is 0 Å². The van der Waals surface area contributed by atoms with Crippen LogP contribution in [0.3, 0.4) is 0 Å². The van der Waals surface area contributed by atoms with Gasteiger partial charge in [-0.25, -0.2) is 0 Å². The number of pyridine rings is 1. The highest BCUT2D eigenvalue weighted by molar-refractivity contribution is 5.77. The third kappa shape index (κ3) is 4.29. The number of hydrogen-bond donors (Lipinski definition) is 1. The number of aromatic nitrogens is 1. The summed E-state index contributed by atoms with van der Waals surface area (Å²) in [7, 11) is 1.56. The molecule has 0 aromatic carbocycles. The minimum absolute atomic E-state index is 0.0909. The highest BCUT2D eigenvalue weighted by atomic mass is 16.5. The number of ether oxygens (including phenoxy) is 1. The molecule has 104 valence electrons. The monoisotopic (exact) mass is 263 g/mol. The van der Waals surface area contributed by atoms with E-state index in [0.29, 0.717) is 6.04 Å². The molecule has 5 heteroatoms. The number of hydrogen-bond acceptors (Lipinski definition) is 4. The van der Waals surface area contributed by atoms with Gasteiger partial charge in [-0.05, 0) is 24.5 Å². The van der Waals surface area contributed by atoms with E-state index < -0.39 is 0 Å². The first-order valence-corrected chi connectivity index (χ1v) is 6.68. The normalized spacial score (nSPS) is 16.6. The molecule has 1 saturated heterocycles. The molecule has 1 aromatic rings. The van der Waals surface area contributed by atoms with Crippen LogP contribution in [0.25, 0.3) is 0 Å². The molecule has 0 unspecified atom stereocenters. The molecule has 0 bridgehead atoms. The van der Waals surface area contributed by atoms with Crippen LogP contribution in [0.4, 0.5) is 0 Å². The Balaban J connectivity index is 1.70. The van der Waals surface area contributed by atoms with Crippen molar-refractivity contribution in [1.82, 2.24) is 15.2 Å². The van der Waals surface area contributed by atoms with E-state index in [-0.39, 0.29) is 12.5 Å². The van der Waals surface area contributed by atoms with Crippen molar-refractivity contribution >= 4 is 5.91 Å². The summed E-state index contributed by atoms with van der Waals surface area (Å²) in [4.78, 5) is 17.6. The molecule has 2 heterocycles. The van der Waals surface area contributed by atoms with Crippen molar-refractivity contribution in [2.45, 2.75) is 25.4 Å². The van der Waals surface area contributed by atoms with Crippen molar-refractivity contribution in [1.29, 1.82) is 0 Å². The number of nitrogens with zero attached hydrogens (tertiary/aromatic N) is 2. The van der Waals surface area contributed by atoms with Crippen LogP contribution in [-0.4, -0.2) is 48.6 Å². The molecule has 1 N–H and O–H groups in total. The fourth-order valence-corrected chi connectivity index (χ4v) is 2.31. The summed E-state index contributed by atoms with van der Waals surface area (Å²) in [5, 5.41) is 3.52. The van der Waals surface area contributed by atoms with Crippen molar-refractivity contribution in [2.75, 3.05) is 26.8 Å². The van der Waals surface area contributed by atoms with E-state index in [0.717, 1.165) is 32.5 Å². The average molecular weight is 263 g/mol. The van der Waals surface area contributed by atoms with Crippen LogP contribution >= 0.6 is 0 Å². The molecule has 2 rings (SSSR count). The van der Waals surface area contributed by atoms with Gasteiger partial charge in [0.25, 0.3) is 0 Å². The van der Waals surface area contributed by atoms with Gasteiger partial charge in [0, 0.05) is 45.2 Å². The number of rotatable bonds is 5. The molecule has 19 heavy (non-hydrogen) atoms. The van der Waals surface area contributed by atoms with Crippen molar-refractivity contribution < 1.29 is 9.53 Å².